The molecule has 0 fully saturated rings. The first-order valence-corrected chi connectivity index (χ1v) is 7.14. The van der Waals surface area contributed by atoms with Gasteiger partial charge in [-0.05, 0) is 19.7 Å². The Morgan fingerprint density at radius 3 is 2.85 bits per heavy atom. The van der Waals surface area contributed by atoms with Gasteiger partial charge < -0.3 is 16.0 Å². The van der Waals surface area contributed by atoms with Gasteiger partial charge in [0.05, 0.1) is 16.8 Å². The zero-order valence-electron chi connectivity index (χ0n) is 11.9. The third kappa shape index (κ3) is 3.23. The molecule has 0 saturated heterocycles. The van der Waals surface area contributed by atoms with E-state index in [-0.39, 0.29) is 0 Å². The molecule has 1 heterocycles. The molecule has 0 unspecified atom stereocenters. The molecule has 1 aromatic heterocycles. The highest BCUT2D eigenvalue weighted by molar-refractivity contribution is 7.80. The number of benzene rings is 1. The number of nitrogens with one attached hydrogen (secondary N) is 1. The number of fused-ring (bicyclic) bond motifs is 1. The number of hydrogen-bond acceptors (Lipinski definition) is 4. The van der Waals surface area contributed by atoms with Crippen molar-refractivity contribution in [2.24, 2.45) is 5.73 Å². The predicted molar refractivity (Wildman–Crippen MR) is 89.3 cm³/mol. The smallest absolute Gasteiger partial charge is 0.107 e. The van der Waals surface area contributed by atoms with E-state index in [4.69, 9.17) is 18.0 Å². The summed E-state index contributed by atoms with van der Waals surface area (Å²) in [5, 5.41) is 4.51. The second kappa shape index (κ2) is 6.63. The van der Waals surface area contributed by atoms with Gasteiger partial charge in [-0.15, -0.1) is 0 Å². The Balaban J connectivity index is 2.32. The number of anilines is 1. The largest absolute Gasteiger partial charge is 0.389 e. The van der Waals surface area contributed by atoms with E-state index in [9.17, 15) is 0 Å². The van der Waals surface area contributed by atoms with E-state index in [2.05, 4.69) is 29.2 Å². The molecule has 106 valence electrons. The highest BCUT2D eigenvalue weighted by Gasteiger charge is 2.10. The van der Waals surface area contributed by atoms with Crippen LogP contribution in [0, 0.1) is 0 Å². The van der Waals surface area contributed by atoms with E-state index in [1.807, 2.05) is 24.3 Å². The Bertz CT molecular complexity index is 612. The van der Waals surface area contributed by atoms with Crippen LogP contribution in [0.15, 0.2) is 30.5 Å². The molecule has 0 spiro atoms. The number of aromatic nitrogens is 1. The molecule has 0 bridgehead atoms. The van der Waals surface area contributed by atoms with Crippen LogP contribution in [0.4, 0.5) is 5.69 Å². The monoisotopic (exact) mass is 288 g/mol. The Kier molecular flexibility index (Phi) is 4.87. The maximum Gasteiger partial charge on any atom is 0.107 e. The molecule has 0 amide bonds. The molecule has 4 nitrogen and oxygen atoms in total. The molecule has 0 radical (unpaired) electrons. The van der Waals surface area contributed by atoms with E-state index in [1.54, 1.807) is 6.20 Å². The average Bonchev–Trinajstić information content (AvgIpc) is 2.46. The molecule has 0 aliphatic carbocycles. The van der Waals surface area contributed by atoms with Crippen LogP contribution in [0.5, 0.6) is 0 Å². The van der Waals surface area contributed by atoms with Crippen molar-refractivity contribution in [1.82, 2.24) is 9.88 Å². The van der Waals surface area contributed by atoms with Crippen molar-refractivity contribution in [2.75, 3.05) is 32.0 Å². The summed E-state index contributed by atoms with van der Waals surface area (Å²) in [6.45, 7) is 4.97. The number of nitrogens with two attached hydrogens (primary N) is 1. The van der Waals surface area contributed by atoms with Gasteiger partial charge in [0, 0.05) is 24.7 Å². The van der Waals surface area contributed by atoms with Gasteiger partial charge in [-0.3, -0.25) is 4.98 Å². The highest BCUT2D eigenvalue weighted by Crippen LogP contribution is 2.25. The predicted octanol–water partition coefficient (Wildman–Crippen LogP) is 2.23. The molecular weight excluding hydrogens is 268 g/mol. The number of nitrogens with zero attached hydrogens (tertiary/aromatic N) is 2. The lowest BCUT2D eigenvalue weighted by Gasteiger charge is -2.17. The lowest BCUT2D eigenvalue weighted by Crippen LogP contribution is -2.25. The fourth-order valence-corrected chi connectivity index (χ4v) is 2.20. The van der Waals surface area contributed by atoms with Crippen molar-refractivity contribution < 1.29 is 0 Å². The summed E-state index contributed by atoms with van der Waals surface area (Å²) in [5.41, 5.74) is 8.53. The second-order valence-electron chi connectivity index (χ2n) is 4.75. The van der Waals surface area contributed by atoms with Crippen LogP contribution in [0.25, 0.3) is 10.9 Å². The van der Waals surface area contributed by atoms with E-state index >= 15 is 0 Å². The van der Waals surface area contributed by atoms with Gasteiger partial charge in [-0.25, -0.2) is 0 Å². The van der Waals surface area contributed by atoms with Gasteiger partial charge >= 0.3 is 0 Å². The summed E-state index contributed by atoms with van der Waals surface area (Å²) in [5.74, 6) is 0. The van der Waals surface area contributed by atoms with Gasteiger partial charge in [-0.1, -0.05) is 37.3 Å². The van der Waals surface area contributed by atoms with E-state index in [0.29, 0.717) is 4.99 Å². The van der Waals surface area contributed by atoms with Crippen LogP contribution in [-0.4, -0.2) is 41.6 Å². The SMILES string of the molecule is CCN(C)CCNc1c(C(N)=S)cnc2ccccc12. The van der Waals surface area contributed by atoms with Crippen molar-refractivity contribution in [3.05, 3.63) is 36.0 Å². The van der Waals surface area contributed by atoms with Gasteiger partial charge in [0.15, 0.2) is 0 Å². The molecule has 2 aromatic rings. The molecule has 5 heteroatoms. The summed E-state index contributed by atoms with van der Waals surface area (Å²) in [4.78, 5) is 7.02. The minimum Gasteiger partial charge on any atom is -0.389 e. The molecule has 20 heavy (non-hydrogen) atoms. The second-order valence-corrected chi connectivity index (χ2v) is 5.19. The summed E-state index contributed by atoms with van der Waals surface area (Å²) in [6.07, 6.45) is 1.75. The first-order valence-electron chi connectivity index (χ1n) is 6.73. The van der Waals surface area contributed by atoms with Gasteiger partial charge in [0.2, 0.25) is 0 Å². The van der Waals surface area contributed by atoms with Crippen LogP contribution in [0.2, 0.25) is 0 Å². The van der Waals surface area contributed by atoms with Crippen LogP contribution in [0.3, 0.4) is 0 Å². The number of para-hydroxylation sites is 1. The molecule has 0 atom stereocenters. The Morgan fingerprint density at radius 2 is 2.15 bits per heavy atom. The van der Waals surface area contributed by atoms with E-state index in [1.165, 1.54) is 0 Å². The van der Waals surface area contributed by atoms with Crippen LogP contribution in [0.1, 0.15) is 12.5 Å². The molecular formula is C15H20N4S. The molecule has 3 N–H and O–H groups in total. The maximum atomic E-state index is 5.80. The van der Waals surface area contributed by atoms with Gasteiger partial charge in [0.1, 0.15) is 4.99 Å². The normalized spacial score (nSPS) is 10.9. The lowest BCUT2D eigenvalue weighted by atomic mass is 10.1. The van der Waals surface area contributed by atoms with Crippen molar-refractivity contribution in [1.29, 1.82) is 0 Å². The topological polar surface area (TPSA) is 54.2 Å². The maximum absolute atomic E-state index is 5.80. The van der Waals surface area contributed by atoms with E-state index in [0.717, 1.165) is 41.8 Å². The first kappa shape index (κ1) is 14.7. The minimum absolute atomic E-state index is 0.370. The van der Waals surface area contributed by atoms with Crippen LogP contribution < -0.4 is 11.1 Å². The summed E-state index contributed by atoms with van der Waals surface area (Å²) < 4.78 is 0. The molecule has 0 saturated carbocycles. The lowest BCUT2D eigenvalue weighted by molar-refractivity contribution is 0.367. The first-order chi connectivity index (χ1) is 9.63. The molecule has 0 aliphatic rings. The number of hydrogen-bond donors (Lipinski definition) is 2. The highest BCUT2D eigenvalue weighted by atomic mass is 32.1. The molecule has 1 aromatic carbocycles. The van der Waals surface area contributed by atoms with Gasteiger partial charge in [0.25, 0.3) is 0 Å². The Hall–Kier alpha value is -1.72. The number of thiocarbonyl (C=S) groups is 1. The van der Waals surface area contributed by atoms with Crippen LogP contribution in [-0.2, 0) is 0 Å². The average molecular weight is 288 g/mol. The van der Waals surface area contributed by atoms with Crippen molar-refractivity contribution >= 4 is 33.8 Å². The molecule has 0 aliphatic heterocycles. The summed E-state index contributed by atoms with van der Waals surface area (Å²) in [7, 11) is 2.10. The van der Waals surface area contributed by atoms with Crippen molar-refractivity contribution in [3.63, 3.8) is 0 Å². The number of pyridine rings is 1. The summed E-state index contributed by atoms with van der Waals surface area (Å²) in [6, 6.07) is 8.00. The van der Waals surface area contributed by atoms with Crippen molar-refractivity contribution in [2.45, 2.75) is 6.92 Å². The zero-order chi connectivity index (χ0) is 14.5. The fraction of sp³-hybridized carbons (Fsp3) is 0.333. The standard InChI is InChI=1S/C15H20N4S/c1-3-19(2)9-8-17-14-11-6-4-5-7-13(11)18-10-12(14)15(16)20/h4-7,10H,3,8-9H2,1-2H3,(H2,16,20)(H,17,18). The Labute approximate surface area is 125 Å². The fourth-order valence-electron chi connectivity index (χ4n) is 2.05. The third-order valence-electron chi connectivity index (χ3n) is 3.38. The van der Waals surface area contributed by atoms with E-state index < -0.39 is 0 Å². The minimum atomic E-state index is 0.370. The van der Waals surface area contributed by atoms with Crippen molar-refractivity contribution in [3.8, 4) is 0 Å². The number of likely N-dealkylation sites (N-methyl/N-ethyl adjacent to an activating group) is 1. The summed E-state index contributed by atoms with van der Waals surface area (Å²) >= 11 is 5.12. The number of rotatable bonds is 6. The van der Waals surface area contributed by atoms with Crippen LogP contribution >= 0.6 is 12.2 Å². The van der Waals surface area contributed by atoms with Gasteiger partial charge in [-0.2, -0.15) is 0 Å². The Morgan fingerprint density at radius 1 is 1.40 bits per heavy atom. The zero-order valence-corrected chi connectivity index (χ0v) is 12.7. The third-order valence-corrected chi connectivity index (χ3v) is 3.60. The molecule has 2 rings (SSSR count). The quantitative estimate of drug-likeness (QED) is 0.798.